The van der Waals surface area contributed by atoms with E-state index in [0.717, 1.165) is 29.0 Å². The third kappa shape index (κ3) is 1.92. The summed E-state index contributed by atoms with van der Waals surface area (Å²) in [6.07, 6.45) is 0.944. The Morgan fingerprint density at radius 3 is 2.69 bits per heavy atom. The van der Waals surface area contributed by atoms with Gasteiger partial charge in [0, 0.05) is 11.3 Å². The van der Waals surface area contributed by atoms with Crippen LogP contribution < -0.4 is 0 Å². The van der Waals surface area contributed by atoms with Crippen molar-refractivity contribution >= 4 is 17.2 Å². The van der Waals surface area contributed by atoms with E-state index in [-0.39, 0.29) is 0 Å². The minimum absolute atomic E-state index is 0.579. The van der Waals surface area contributed by atoms with Gasteiger partial charge in [0.15, 0.2) is 5.65 Å². The third-order valence-electron chi connectivity index (χ3n) is 2.68. The molecule has 0 spiro atoms. The van der Waals surface area contributed by atoms with Gasteiger partial charge in [-0.25, -0.2) is 9.50 Å². The molecule has 2 rings (SSSR count). The van der Waals surface area contributed by atoms with Crippen LogP contribution in [0.4, 0.5) is 0 Å². The monoisotopic (exact) mass is 237 g/mol. The van der Waals surface area contributed by atoms with Crippen molar-refractivity contribution < 1.29 is 0 Å². The zero-order valence-corrected chi connectivity index (χ0v) is 10.8. The highest BCUT2D eigenvalue weighted by molar-refractivity contribution is 6.29. The van der Waals surface area contributed by atoms with Gasteiger partial charge in [0.05, 0.1) is 5.69 Å². The summed E-state index contributed by atoms with van der Waals surface area (Å²) in [6.45, 7) is 8.35. The molecule has 0 radical (unpaired) electrons. The smallest absolute Gasteiger partial charge is 0.160 e. The molecular weight excluding hydrogens is 222 g/mol. The Labute approximate surface area is 100 Å². The lowest BCUT2D eigenvalue weighted by atomic mass is 10.1. The molecule has 0 amide bonds. The van der Waals surface area contributed by atoms with Crippen LogP contribution in [0.3, 0.4) is 0 Å². The molecule has 3 nitrogen and oxygen atoms in total. The van der Waals surface area contributed by atoms with E-state index in [4.69, 9.17) is 11.6 Å². The van der Waals surface area contributed by atoms with Gasteiger partial charge in [0.25, 0.3) is 0 Å². The van der Waals surface area contributed by atoms with Crippen molar-refractivity contribution in [3.8, 4) is 0 Å². The first-order valence-corrected chi connectivity index (χ1v) is 5.88. The van der Waals surface area contributed by atoms with Gasteiger partial charge in [0.2, 0.25) is 0 Å². The van der Waals surface area contributed by atoms with E-state index in [1.54, 1.807) is 4.52 Å². The molecule has 2 aromatic heterocycles. The van der Waals surface area contributed by atoms with Gasteiger partial charge in [-0.15, -0.1) is 0 Å². The van der Waals surface area contributed by atoms with Gasteiger partial charge in [-0.1, -0.05) is 25.4 Å². The standard InChI is InChI=1S/C12H16ClN3/c1-7(2)5-10-6-11(13)16-12(14-10)8(3)9(4)15-16/h6-7H,5H2,1-4H3. The maximum Gasteiger partial charge on any atom is 0.160 e. The van der Waals surface area contributed by atoms with Crippen LogP contribution in [-0.4, -0.2) is 14.6 Å². The zero-order chi connectivity index (χ0) is 11.9. The third-order valence-corrected chi connectivity index (χ3v) is 2.95. The van der Waals surface area contributed by atoms with Crippen LogP contribution in [0.5, 0.6) is 0 Å². The molecule has 0 aromatic carbocycles. The van der Waals surface area contributed by atoms with Gasteiger partial charge in [-0.3, -0.25) is 0 Å². The minimum atomic E-state index is 0.579. The van der Waals surface area contributed by atoms with Crippen molar-refractivity contribution in [3.05, 3.63) is 28.2 Å². The summed E-state index contributed by atoms with van der Waals surface area (Å²) >= 11 is 6.19. The normalized spacial score (nSPS) is 11.6. The summed E-state index contributed by atoms with van der Waals surface area (Å²) in [5.41, 5.74) is 4.00. The van der Waals surface area contributed by atoms with Gasteiger partial charge in [-0.05, 0) is 32.3 Å². The molecule has 0 atom stereocenters. The molecule has 0 aliphatic rings. The Morgan fingerprint density at radius 2 is 2.06 bits per heavy atom. The van der Waals surface area contributed by atoms with E-state index in [2.05, 4.69) is 23.9 Å². The maximum absolute atomic E-state index is 6.19. The average molecular weight is 238 g/mol. The van der Waals surface area contributed by atoms with Crippen LogP contribution in [0.2, 0.25) is 5.15 Å². The molecule has 2 aromatic rings. The van der Waals surface area contributed by atoms with Crippen LogP contribution in [0.1, 0.15) is 30.8 Å². The number of fused-ring (bicyclic) bond motifs is 1. The van der Waals surface area contributed by atoms with Crippen LogP contribution in [-0.2, 0) is 6.42 Å². The van der Waals surface area contributed by atoms with Crippen molar-refractivity contribution in [1.29, 1.82) is 0 Å². The van der Waals surface area contributed by atoms with Crippen LogP contribution in [0, 0.1) is 19.8 Å². The van der Waals surface area contributed by atoms with Crippen molar-refractivity contribution in [2.24, 2.45) is 5.92 Å². The van der Waals surface area contributed by atoms with E-state index in [1.165, 1.54) is 0 Å². The van der Waals surface area contributed by atoms with Crippen LogP contribution in [0.25, 0.3) is 5.65 Å². The number of halogens is 1. The van der Waals surface area contributed by atoms with Crippen molar-refractivity contribution in [1.82, 2.24) is 14.6 Å². The molecule has 0 fully saturated rings. The second-order valence-corrected chi connectivity index (χ2v) is 5.00. The zero-order valence-electron chi connectivity index (χ0n) is 10.1. The highest BCUT2D eigenvalue weighted by Crippen LogP contribution is 2.19. The lowest BCUT2D eigenvalue weighted by molar-refractivity contribution is 0.634. The fourth-order valence-corrected chi connectivity index (χ4v) is 2.01. The number of aromatic nitrogens is 3. The molecule has 0 saturated heterocycles. The predicted octanol–water partition coefficient (Wildman–Crippen LogP) is 3.20. The summed E-state index contributed by atoms with van der Waals surface area (Å²) in [6, 6.07) is 1.90. The molecule has 0 unspecified atom stereocenters. The van der Waals surface area contributed by atoms with E-state index in [9.17, 15) is 0 Å². The fourth-order valence-electron chi connectivity index (χ4n) is 1.76. The van der Waals surface area contributed by atoms with E-state index < -0.39 is 0 Å². The molecule has 4 heteroatoms. The molecule has 86 valence electrons. The number of nitrogens with zero attached hydrogens (tertiary/aromatic N) is 3. The first-order chi connectivity index (χ1) is 7.49. The highest BCUT2D eigenvalue weighted by Gasteiger charge is 2.11. The highest BCUT2D eigenvalue weighted by atomic mass is 35.5. The predicted molar refractivity (Wildman–Crippen MR) is 66.0 cm³/mol. The largest absolute Gasteiger partial charge is 0.233 e. The molecule has 2 heterocycles. The summed E-state index contributed by atoms with van der Waals surface area (Å²) in [5.74, 6) is 0.579. The van der Waals surface area contributed by atoms with E-state index >= 15 is 0 Å². The lowest BCUT2D eigenvalue weighted by Gasteiger charge is -2.06. The Morgan fingerprint density at radius 1 is 1.38 bits per heavy atom. The number of rotatable bonds is 2. The Bertz CT molecular complexity index is 529. The SMILES string of the molecule is Cc1nn2c(Cl)cc(CC(C)C)nc2c1C. The maximum atomic E-state index is 6.19. The molecule has 0 saturated carbocycles. The summed E-state index contributed by atoms with van der Waals surface area (Å²) in [5, 5.41) is 4.99. The number of hydrogen-bond acceptors (Lipinski definition) is 2. The molecule has 0 N–H and O–H groups in total. The van der Waals surface area contributed by atoms with E-state index in [1.807, 2.05) is 19.9 Å². The Kier molecular flexibility index (Phi) is 2.89. The van der Waals surface area contributed by atoms with E-state index in [0.29, 0.717) is 11.1 Å². The molecule has 0 bridgehead atoms. The lowest BCUT2D eigenvalue weighted by Crippen LogP contribution is -2.01. The Balaban J connectivity index is 2.60. The topological polar surface area (TPSA) is 30.2 Å². The van der Waals surface area contributed by atoms with Crippen LogP contribution >= 0.6 is 11.6 Å². The first-order valence-electron chi connectivity index (χ1n) is 5.50. The van der Waals surface area contributed by atoms with Crippen molar-refractivity contribution in [2.75, 3.05) is 0 Å². The Hall–Kier alpha value is -1.09. The van der Waals surface area contributed by atoms with Crippen molar-refractivity contribution in [2.45, 2.75) is 34.1 Å². The fraction of sp³-hybridized carbons (Fsp3) is 0.500. The summed E-state index contributed by atoms with van der Waals surface area (Å²) in [4.78, 5) is 4.61. The van der Waals surface area contributed by atoms with Gasteiger partial charge in [0.1, 0.15) is 5.15 Å². The minimum Gasteiger partial charge on any atom is -0.233 e. The summed E-state index contributed by atoms with van der Waals surface area (Å²) < 4.78 is 1.70. The van der Waals surface area contributed by atoms with Gasteiger partial charge < -0.3 is 0 Å². The quantitative estimate of drug-likeness (QED) is 0.751. The second kappa shape index (κ2) is 4.06. The first kappa shape index (κ1) is 11.4. The van der Waals surface area contributed by atoms with Crippen molar-refractivity contribution in [3.63, 3.8) is 0 Å². The number of aryl methyl sites for hydroxylation is 2. The van der Waals surface area contributed by atoms with Gasteiger partial charge in [-0.2, -0.15) is 5.10 Å². The molecule has 16 heavy (non-hydrogen) atoms. The molecule has 0 aliphatic carbocycles. The molecular formula is C12H16ClN3. The van der Waals surface area contributed by atoms with Crippen LogP contribution in [0.15, 0.2) is 6.07 Å². The number of hydrogen-bond donors (Lipinski definition) is 0. The van der Waals surface area contributed by atoms with Gasteiger partial charge >= 0.3 is 0 Å². The average Bonchev–Trinajstić information content (AvgIpc) is 2.45. The molecule has 0 aliphatic heterocycles. The second-order valence-electron chi connectivity index (χ2n) is 4.61. The summed E-state index contributed by atoms with van der Waals surface area (Å²) in [7, 11) is 0.